The molecule has 5 aromatic rings. The van der Waals surface area contributed by atoms with Crippen molar-refractivity contribution in [2.24, 2.45) is 0 Å². The van der Waals surface area contributed by atoms with Crippen LogP contribution in [0.25, 0.3) is 21.1 Å². The Morgan fingerprint density at radius 1 is 1.09 bits per heavy atom. The molecule has 33 heavy (non-hydrogen) atoms. The maximum Gasteiger partial charge on any atom is 0.140 e. The van der Waals surface area contributed by atoms with Crippen molar-refractivity contribution >= 4 is 55.1 Å². The summed E-state index contributed by atoms with van der Waals surface area (Å²) in [5.74, 6) is 0.644. The third kappa shape index (κ3) is 4.27. The van der Waals surface area contributed by atoms with Crippen LogP contribution in [0.2, 0.25) is 0 Å². The molecule has 162 valence electrons. The zero-order valence-corrected chi connectivity index (χ0v) is 18.7. The maximum absolute atomic E-state index is 12.2. The lowest BCUT2D eigenvalue weighted by molar-refractivity contribution is 0.306. The average Bonchev–Trinajstić information content (AvgIpc) is 3.25. The second-order valence-electron chi connectivity index (χ2n) is 7.05. The van der Waals surface area contributed by atoms with Gasteiger partial charge < -0.3 is 9.29 Å². The molecule has 0 aliphatic heterocycles. The molecule has 0 spiro atoms. The predicted molar refractivity (Wildman–Crippen MR) is 128 cm³/mol. The lowest BCUT2D eigenvalue weighted by Crippen LogP contribution is -2.19. The van der Waals surface area contributed by atoms with Gasteiger partial charge in [0.25, 0.3) is 0 Å². The first-order valence-electron chi connectivity index (χ1n) is 9.88. The Kier molecular flexibility index (Phi) is 5.71. The largest absolute Gasteiger partial charge is 0.755 e. The van der Waals surface area contributed by atoms with Crippen LogP contribution in [0.15, 0.2) is 79.0 Å². The van der Waals surface area contributed by atoms with Gasteiger partial charge in [-0.05, 0) is 54.6 Å². The van der Waals surface area contributed by atoms with E-state index in [1.807, 2.05) is 24.3 Å². The second-order valence-corrected chi connectivity index (χ2v) is 8.96. The molecule has 0 aliphatic carbocycles. The highest BCUT2D eigenvalue weighted by molar-refractivity contribution is 7.81. The minimum absolute atomic E-state index is 0.269. The number of aromatic nitrogens is 2. The number of benzene rings is 3. The third-order valence-corrected chi connectivity index (χ3v) is 6.69. The molecule has 2 aromatic heterocycles. The number of nitrogens with zero attached hydrogens (tertiary/aromatic N) is 4. The molecule has 1 atom stereocenters. The summed E-state index contributed by atoms with van der Waals surface area (Å²) >= 11 is -1.08. The summed E-state index contributed by atoms with van der Waals surface area (Å²) in [4.78, 5) is 9.00. The van der Waals surface area contributed by atoms with E-state index in [1.165, 1.54) is 15.6 Å². The van der Waals surface area contributed by atoms with Crippen molar-refractivity contribution in [2.45, 2.75) is 6.61 Å². The number of hydrogen-bond donors (Lipinski definition) is 0. The Hall–Kier alpha value is -3.84. The predicted octanol–water partition coefficient (Wildman–Crippen LogP) is 5.23. The smallest absolute Gasteiger partial charge is 0.140 e. The van der Waals surface area contributed by atoms with Gasteiger partial charge in [-0.15, -0.1) is 11.3 Å². The number of hydrogen-bond acceptors (Lipinski definition) is 7. The molecular weight excluding hydrogens is 456 g/mol. The molecule has 0 saturated carbocycles. The first-order valence-corrected chi connectivity index (χ1v) is 11.7. The number of anilines is 2. The van der Waals surface area contributed by atoms with Gasteiger partial charge in [0.1, 0.15) is 17.4 Å². The Bertz CT molecular complexity index is 1520. The molecule has 2 heterocycles. The van der Waals surface area contributed by atoms with Crippen molar-refractivity contribution in [1.82, 2.24) is 9.97 Å². The van der Waals surface area contributed by atoms with Gasteiger partial charge in [-0.3, -0.25) is 13.5 Å². The zero-order valence-electron chi connectivity index (χ0n) is 17.0. The minimum Gasteiger partial charge on any atom is -0.755 e. The van der Waals surface area contributed by atoms with Crippen molar-refractivity contribution in [3.63, 3.8) is 0 Å². The molecule has 0 aliphatic rings. The number of pyridine rings is 1. The number of para-hydroxylation sites is 1. The van der Waals surface area contributed by atoms with Crippen molar-refractivity contribution in [2.75, 3.05) is 4.31 Å². The molecule has 0 radical (unpaired) electrons. The van der Waals surface area contributed by atoms with Crippen LogP contribution in [0, 0.1) is 11.3 Å². The minimum atomic E-state index is -2.56. The summed E-state index contributed by atoms with van der Waals surface area (Å²) in [7, 11) is 0. The molecule has 0 N–H and O–H groups in total. The van der Waals surface area contributed by atoms with Crippen LogP contribution in [0.3, 0.4) is 0 Å². The first kappa shape index (κ1) is 21.0. The summed E-state index contributed by atoms with van der Waals surface area (Å²) in [5, 5.41) is 10.5. The highest BCUT2D eigenvalue weighted by atomic mass is 32.2. The highest BCUT2D eigenvalue weighted by Gasteiger charge is 2.16. The van der Waals surface area contributed by atoms with E-state index < -0.39 is 11.3 Å². The Morgan fingerprint density at radius 2 is 1.91 bits per heavy atom. The Balaban J connectivity index is 1.45. The van der Waals surface area contributed by atoms with Gasteiger partial charge in [-0.2, -0.15) is 5.26 Å². The molecule has 3 aromatic carbocycles. The fraction of sp³-hybridized carbons (Fsp3) is 0.0417. The molecule has 1 unspecified atom stereocenters. The van der Waals surface area contributed by atoms with E-state index in [1.54, 1.807) is 54.7 Å². The molecule has 7 nitrogen and oxygen atoms in total. The molecule has 0 bridgehead atoms. The van der Waals surface area contributed by atoms with Crippen molar-refractivity contribution < 1.29 is 13.5 Å². The summed E-state index contributed by atoms with van der Waals surface area (Å²) in [5.41, 5.74) is 2.79. The van der Waals surface area contributed by atoms with Gasteiger partial charge in [0.15, 0.2) is 0 Å². The van der Waals surface area contributed by atoms with Crippen LogP contribution >= 0.6 is 11.3 Å². The summed E-state index contributed by atoms with van der Waals surface area (Å²) in [6.45, 7) is 0.269. The average molecular weight is 472 g/mol. The van der Waals surface area contributed by atoms with Gasteiger partial charge in [-0.1, -0.05) is 18.2 Å². The summed E-state index contributed by atoms with van der Waals surface area (Å²) < 4.78 is 32.4. The van der Waals surface area contributed by atoms with E-state index >= 15 is 0 Å². The molecular formula is C24H15N4O3S2-. The van der Waals surface area contributed by atoms with Gasteiger partial charge in [0.05, 0.1) is 50.0 Å². The van der Waals surface area contributed by atoms with Crippen molar-refractivity contribution in [3.8, 4) is 11.8 Å². The van der Waals surface area contributed by atoms with E-state index in [0.29, 0.717) is 33.7 Å². The number of nitriles is 1. The first-order chi connectivity index (χ1) is 16.1. The Labute approximate surface area is 195 Å². The summed E-state index contributed by atoms with van der Waals surface area (Å²) in [6, 6.07) is 23.4. The molecule has 5 rings (SSSR count). The third-order valence-electron chi connectivity index (χ3n) is 4.97. The van der Waals surface area contributed by atoms with Crippen LogP contribution < -0.4 is 9.04 Å². The van der Waals surface area contributed by atoms with E-state index in [4.69, 9.17) is 10.00 Å². The number of thiazole rings is 1. The Morgan fingerprint density at radius 3 is 2.70 bits per heavy atom. The molecule has 9 heteroatoms. The van der Waals surface area contributed by atoms with Crippen LogP contribution in [-0.2, 0) is 17.9 Å². The van der Waals surface area contributed by atoms with Crippen molar-refractivity contribution in [1.29, 1.82) is 5.26 Å². The van der Waals surface area contributed by atoms with Gasteiger partial charge in [0.2, 0.25) is 0 Å². The van der Waals surface area contributed by atoms with Gasteiger partial charge >= 0.3 is 0 Å². The zero-order chi connectivity index (χ0) is 22.8. The van der Waals surface area contributed by atoms with E-state index in [2.05, 4.69) is 16.0 Å². The lowest BCUT2D eigenvalue weighted by atomic mass is 10.2. The van der Waals surface area contributed by atoms with E-state index in [9.17, 15) is 8.76 Å². The van der Waals surface area contributed by atoms with Crippen molar-refractivity contribution in [3.05, 3.63) is 89.6 Å². The van der Waals surface area contributed by atoms with E-state index in [0.717, 1.165) is 15.1 Å². The lowest BCUT2D eigenvalue weighted by Gasteiger charge is -2.27. The maximum atomic E-state index is 12.2. The highest BCUT2D eigenvalue weighted by Crippen LogP contribution is 2.35. The van der Waals surface area contributed by atoms with Crippen LogP contribution in [0.5, 0.6) is 5.75 Å². The van der Waals surface area contributed by atoms with Gasteiger partial charge in [-0.25, -0.2) is 4.98 Å². The fourth-order valence-electron chi connectivity index (χ4n) is 3.48. The number of rotatable bonds is 6. The van der Waals surface area contributed by atoms with Crippen LogP contribution in [0.1, 0.15) is 10.6 Å². The second kappa shape index (κ2) is 8.96. The monoisotopic (exact) mass is 471 g/mol. The molecule has 0 fully saturated rings. The topological polar surface area (TPSA) is 102 Å². The number of fused-ring (bicyclic) bond motifs is 2. The molecule has 0 saturated heterocycles. The van der Waals surface area contributed by atoms with Crippen LogP contribution in [-0.4, -0.2) is 18.7 Å². The quantitative estimate of drug-likeness (QED) is 0.314. The molecule has 0 amide bonds. The standard InChI is InChI=1S/C24H16N4O3S2/c25-14-16-6-9-19(10-7-16)31-15-23-27-20-13-18(8-11-22(20)32-23)28(33(29)30)21-5-1-3-17-4-2-12-26-24(17)21/h1-13H,15H2,(H,29,30)/p-1. The van der Waals surface area contributed by atoms with Crippen LogP contribution in [0.4, 0.5) is 11.4 Å². The number of ether oxygens (including phenoxy) is 1. The van der Waals surface area contributed by atoms with E-state index in [-0.39, 0.29) is 6.61 Å². The summed E-state index contributed by atoms with van der Waals surface area (Å²) in [6.07, 6.45) is 1.64. The van der Waals surface area contributed by atoms with Gasteiger partial charge in [0, 0.05) is 11.6 Å². The SMILES string of the molecule is N#Cc1ccc(OCc2nc3cc(N(c4cccc5cccnc45)S(=O)[O-])ccc3s2)cc1. The fourth-order valence-corrected chi connectivity index (χ4v) is 4.93. The normalized spacial score (nSPS) is 11.9.